The van der Waals surface area contributed by atoms with Gasteiger partial charge in [0.25, 0.3) is 0 Å². The smallest absolute Gasteiger partial charge is 0.138 e. The van der Waals surface area contributed by atoms with Gasteiger partial charge in [-0.1, -0.05) is 18.2 Å². The molecule has 17 heavy (non-hydrogen) atoms. The topological polar surface area (TPSA) is 39.2 Å². The van der Waals surface area contributed by atoms with E-state index in [-0.39, 0.29) is 11.9 Å². The summed E-state index contributed by atoms with van der Waals surface area (Å²) < 4.78 is 5.69. The molecular weight excluding hydrogens is 214 g/mol. The van der Waals surface area contributed by atoms with Gasteiger partial charge >= 0.3 is 0 Å². The van der Waals surface area contributed by atoms with E-state index >= 15 is 0 Å². The Labute approximate surface area is 99.4 Å². The lowest BCUT2D eigenvalue weighted by Crippen LogP contribution is -2.19. The predicted octanol–water partition coefficient (Wildman–Crippen LogP) is 2.66. The number of rotatable bonds is 1. The highest BCUT2D eigenvalue weighted by Gasteiger charge is 2.23. The summed E-state index contributed by atoms with van der Waals surface area (Å²) >= 11 is 0. The molecule has 86 valence electrons. The molecule has 3 heteroatoms. The van der Waals surface area contributed by atoms with E-state index in [2.05, 4.69) is 4.98 Å². The van der Waals surface area contributed by atoms with Crippen LogP contribution in [-0.2, 0) is 9.53 Å². The van der Waals surface area contributed by atoms with Crippen LogP contribution in [-0.4, -0.2) is 17.4 Å². The van der Waals surface area contributed by atoms with E-state index in [4.69, 9.17) is 4.74 Å². The largest absolute Gasteiger partial charge is 0.373 e. The molecule has 0 radical (unpaired) electrons. The predicted molar refractivity (Wildman–Crippen MR) is 64.7 cm³/mol. The summed E-state index contributed by atoms with van der Waals surface area (Å²) in [6.45, 7) is 0.528. The van der Waals surface area contributed by atoms with E-state index in [1.54, 1.807) is 6.20 Å². The lowest BCUT2D eigenvalue weighted by molar-refractivity contribution is -0.128. The number of para-hydroxylation sites is 1. The molecule has 3 rings (SSSR count). The molecule has 0 spiro atoms. The molecule has 0 aliphatic carbocycles. The second-order valence-electron chi connectivity index (χ2n) is 4.27. The zero-order chi connectivity index (χ0) is 11.7. The molecule has 1 fully saturated rings. The number of carbonyl (C=O) groups excluding carboxylic acids is 1. The summed E-state index contributed by atoms with van der Waals surface area (Å²) in [6, 6.07) is 9.90. The van der Waals surface area contributed by atoms with Crippen molar-refractivity contribution in [3.05, 3.63) is 42.1 Å². The van der Waals surface area contributed by atoms with Crippen molar-refractivity contribution in [3.8, 4) is 0 Å². The molecule has 3 nitrogen and oxygen atoms in total. The van der Waals surface area contributed by atoms with Gasteiger partial charge in [-0.25, -0.2) is 0 Å². The van der Waals surface area contributed by atoms with Crippen molar-refractivity contribution < 1.29 is 9.53 Å². The van der Waals surface area contributed by atoms with Gasteiger partial charge in [-0.15, -0.1) is 0 Å². The minimum Gasteiger partial charge on any atom is -0.373 e. The number of aromatic nitrogens is 1. The monoisotopic (exact) mass is 227 g/mol. The van der Waals surface area contributed by atoms with Crippen LogP contribution in [0, 0.1) is 0 Å². The summed E-state index contributed by atoms with van der Waals surface area (Å²) in [4.78, 5) is 15.8. The summed E-state index contributed by atoms with van der Waals surface area (Å²) in [5.41, 5.74) is 2.02. The van der Waals surface area contributed by atoms with Crippen molar-refractivity contribution in [1.82, 2.24) is 4.98 Å². The standard InChI is InChI=1S/C14H13NO2/c16-10-6-8-17-14(9-10)12-5-7-15-13-4-2-1-3-11(12)13/h1-5,7,14H,6,8-9H2. The SMILES string of the molecule is O=C1CCOC(c2ccnc3ccccc23)C1. The van der Waals surface area contributed by atoms with Gasteiger partial charge in [0.15, 0.2) is 0 Å². The van der Waals surface area contributed by atoms with Crippen LogP contribution < -0.4 is 0 Å². The molecule has 1 aliphatic heterocycles. The zero-order valence-electron chi connectivity index (χ0n) is 9.43. The summed E-state index contributed by atoms with van der Waals surface area (Å²) in [5, 5.41) is 1.08. The van der Waals surface area contributed by atoms with E-state index in [0.717, 1.165) is 16.5 Å². The van der Waals surface area contributed by atoms with Crippen molar-refractivity contribution in [3.63, 3.8) is 0 Å². The maximum absolute atomic E-state index is 11.5. The Morgan fingerprint density at radius 3 is 3.00 bits per heavy atom. The van der Waals surface area contributed by atoms with Crippen LogP contribution >= 0.6 is 0 Å². The highest BCUT2D eigenvalue weighted by Crippen LogP contribution is 2.30. The lowest BCUT2D eigenvalue weighted by atomic mass is 9.97. The highest BCUT2D eigenvalue weighted by atomic mass is 16.5. The number of pyridine rings is 1. The number of hydrogen-bond donors (Lipinski definition) is 0. The molecule has 1 unspecified atom stereocenters. The second-order valence-corrected chi connectivity index (χ2v) is 4.27. The molecule has 2 aromatic rings. The third kappa shape index (κ3) is 1.94. The van der Waals surface area contributed by atoms with Crippen LogP contribution in [0.25, 0.3) is 10.9 Å². The number of fused-ring (bicyclic) bond motifs is 1. The summed E-state index contributed by atoms with van der Waals surface area (Å²) in [5.74, 6) is 0.280. The number of hydrogen-bond acceptors (Lipinski definition) is 3. The minimum absolute atomic E-state index is 0.107. The number of ketones is 1. The molecule has 0 N–H and O–H groups in total. The quantitative estimate of drug-likeness (QED) is 0.751. The summed E-state index contributed by atoms with van der Waals surface area (Å²) in [6.07, 6.45) is 2.69. The molecule has 2 heterocycles. The van der Waals surface area contributed by atoms with Gasteiger partial charge in [-0.2, -0.15) is 0 Å². The van der Waals surface area contributed by atoms with E-state index < -0.39 is 0 Å². The third-order valence-corrected chi connectivity index (χ3v) is 3.14. The normalized spacial score (nSPS) is 20.7. The third-order valence-electron chi connectivity index (χ3n) is 3.14. The van der Waals surface area contributed by atoms with Crippen LogP contribution in [0.15, 0.2) is 36.5 Å². The van der Waals surface area contributed by atoms with Gasteiger partial charge in [0.1, 0.15) is 5.78 Å². The zero-order valence-corrected chi connectivity index (χ0v) is 9.43. The molecular formula is C14H13NO2. The van der Waals surface area contributed by atoms with Gasteiger partial charge in [0, 0.05) is 24.4 Å². The average Bonchev–Trinajstić information content (AvgIpc) is 2.38. The van der Waals surface area contributed by atoms with Crippen LogP contribution in [0.3, 0.4) is 0 Å². The fourth-order valence-corrected chi connectivity index (χ4v) is 2.28. The Morgan fingerprint density at radius 1 is 1.24 bits per heavy atom. The molecule has 0 saturated carbocycles. The van der Waals surface area contributed by atoms with Gasteiger partial charge < -0.3 is 4.74 Å². The van der Waals surface area contributed by atoms with Crippen LogP contribution in [0.5, 0.6) is 0 Å². The number of benzene rings is 1. The molecule has 1 saturated heterocycles. The summed E-state index contributed by atoms with van der Waals surface area (Å²) in [7, 11) is 0. The Morgan fingerprint density at radius 2 is 2.12 bits per heavy atom. The Hall–Kier alpha value is -1.74. The van der Waals surface area contributed by atoms with Gasteiger partial charge in [0.2, 0.25) is 0 Å². The maximum atomic E-state index is 11.5. The van der Waals surface area contributed by atoms with Gasteiger partial charge in [-0.3, -0.25) is 9.78 Å². The molecule has 1 aromatic carbocycles. The van der Waals surface area contributed by atoms with Crippen molar-refractivity contribution in [1.29, 1.82) is 0 Å². The number of ether oxygens (including phenoxy) is 1. The molecule has 1 aliphatic rings. The van der Waals surface area contributed by atoms with Crippen molar-refractivity contribution in [2.24, 2.45) is 0 Å². The van der Waals surface area contributed by atoms with Gasteiger partial charge in [-0.05, 0) is 17.7 Å². The van der Waals surface area contributed by atoms with Crippen LogP contribution in [0.1, 0.15) is 24.5 Å². The van der Waals surface area contributed by atoms with Crippen LogP contribution in [0.4, 0.5) is 0 Å². The number of nitrogens with zero attached hydrogens (tertiary/aromatic N) is 1. The Bertz CT molecular complexity index is 560. The minimum atomic E-state index is -0.107. The number of carbonyl (C=O) groups is 1. The average molecular weight is 227 g/mol. The molecule has 0 bridgehead atoms. The first-order chi connectivity index (χ1) is 8.34. The van der Waals surface area contributed by atoms with E-state index in [1.165, 1.54) is 0 Å². The van der Waals surface area contributed by atoms with Crippen molar-refractivity contribution >= 4 is 16.7 Å². The van der Waals surface area contributed by atoms with E-state index in [9.17, 15) is 4.79 Å². The second kappa shape index (κ2) is 4.26. The van der Waals surface area contributed by atoms with E-state index in [0.29, 0.717) is 19.4 Å². The first kappa shape index (κ1) is 10.4. The van der Waals surface area contributed by atoms with Gasteiger partial charge in [0.05, 0.1) is 18.2 Å². The molecule has 0 amide bonds. The molecule has 1 atom stereocenters. The fourth-order valence-electron chi connectivity index (χ4n) is 2.28. The highest BCUT2D eigenvalue weighted by molar-refractivity contribution is 5.84. The Kier molecular flexibility index (Phi) is 2.61. The lowest BCUT2D eigenvalue weighted by Gasteiger charge is -2.23. The van der Waals surface area contributed by atoms with E-state index in [1.807, 2.05) is 30.3 Å². The first-order valence-corrected chi connectivity index (χ1v) is 5.81. The fraction of sp³-hybridized carbons (Fsp3) is 0.286. The Balaban J connectivity index is 2.07. The molecule has 1 aromatic heterocycles. The number of Topliss-reactive ketones (excluding diaryl/α,β-unsaturated/α-hetero) is 1. The first-order valence-electron chi connectivity index (χ1n) is 5.81. The maximum Gasteiger partial charge on any atom is 0.138 e. The van der Waals surface area contributed by atoms with Crippen LogP contribution in [0.2, 0.25) is 0 Å². The van der Waals surface area contributed by atoms with Crippen molar-refractivity contribution in [2.75, 3.05) is 6.61 Å². The van der Waals surface area contributed by atoms with Crippen molar-refractivity contribution in [2.45, 2.75) is 18.9 Å².